The lowest BCUT2D eigenvalue weighted by molar-refractivity contribution is -0.143. The molecule has 3 N–H and O–H groups in total. The van der Waals surface area contributed by atoms with Gasteiger partial charge in [0, 0.05) is 37.2 Å². The molecule has 3 aromatic carbocycles. The van der Waals surface area contributed by atoms with Crippen LogP contribution in [-0.2, 0) is 31.9 Å². The number of carbonyl (C=O) groups excluding carboxylic acids is 1. The summed E-state index contributed by atoms with van der Waals surface area (Å²) < 4.78 is 105. The SMILES string of the molecule is Cc1cccc(OCC(C)C)c1-n1nc2c(c1-c1ccc(NC(N)=O)c(F)c1)CN(Cc1ccc(C(F)(F)F)cc1C(F)(F)F)CC2. The van der Waals surface area contributed by atoms with Gasteiger partial charge in [-0.05, 0) is 54.3 Å². The summed E-state index contributed by atoms with van der Waals surface area (Å²) in [5.74, 6) is -0.0618. The molecule has 4 aromatic rings. The first-order valence-electron chi connectivity index (χ1n) is 14.7. The Morgan fingerprint density at radius 2 is 1.79 bits per heavy atom. The first kappa shape index (κ1) is 33.8. The van der Waals surface area contributed by atoms with Crippen LogP contribution in [-0.4, -0.2) is 33.9 Å². The Hall–Kier alpha value is -4.59. The lowest BCUT2D eigenvalue weighted by atomic mass is 9.98. The summed E-state index contributed by atoms with van der Waals surface area (Å²) in [5.41, 5.74) is 5.37. The molecule has 7 nitrogen and oxygen atoms in total. The van der Waals surface area contributed by atoms with Gasteiger partial charge in [0.1, 0.15) is 17.3 Å². The van der Waals surface area contributed by atoms with E-state index in [2.05, 4.69) is 5.32 Å². The Morgan fingerprint density at radius 1 is 1.04 bits per heavy atom. The number of nitrogens with two attached hydrogens (primary N) is 1. The number of para-hydroxylation sites is 1. The van der Waals surface area contributed by atoms with E-state index in [-0.39, 0.29) is 42.9 Å². The van der Waals surface area contributed by atoms with Crippen molar-refractivity contribution in [2.75, 3.05) is 18.5 Å². The maximum absolute atomic E-state index is 15.3. The van der Waals surface area contributed by atoms with Crippen molar-refractivity contribution >= 4 is 11.7 Å². The highest BCUT2D eigenvalue weighted by atomic mass is 19.4. The Balaban J connectivity index is 1.61. The summed E-state index contributed by atoms with van der Waals surface area (Å²) in [5, 5.41) is 7.09. The molecule has 0 aliphatic carbocycles. The molecule has 2 heterocycles. The number of aryl methyl sites for hydroxylation is 1. The summed E-state index contributed by atoms with van der Waals surface area (Å²) in [6.45, 7) is 6.29. The molecule has 0 fully saturated rings. The minimum absolute atomic E-state index is 0.0694. The van der Waals surface area contributed by atoms with Gasteiger partial charge in [-0.1, -0.05) is 38.1 Å². The summed E-state index contributed by atoms with van der Waals surface area (Å²) in [6, 6.07) is 10.2. The van der Waals surface area contributed by atoms with Crippen LogP contribution in [0.4, 0.5) is 41.2 Å². The van der Waals surface area contributed by atoms with E-state index in [0.717, 1.165) is 11.6 Å². The number of urea groups is 1. The number of anilines is 1. The van der Waals surface area contributed by atoms with E-state index >= 15 is 4.39 Å². The van der Waals surface area contributed by atoms with E-state index in [1.807, 2.05) is 32.9 Å². The molecule has 5 rings (SSSR count). The number of ether oxygens (including phenoxy) is 1. The number of nitrogens with zero attached hydrogens (tertiary/aromatic N) is 3. The van der Waals surface area contributed by atoms with Gasteiger partial charge in [0.15, 0.2) is 0 Å². The first-order valence-corrected chi connectivity index (χ1v) is 14.7. The van der Waals surface area contributed by atoms with Crippen LogP contribution in [0.5, 0.6) is 5.75 Å². The highest BCUT2D eigenvalue weighted by Crippen LogP contribution is 2.40. The van der Waals surface area contributed by atoms with Crippen molar-refractivity contribution in [3.05, 3.63) is 93.9 Å². The molecule has 0 unspecified atom stereocenters. The molecule has 1 aliphatic heterocycles. The zero-order valence-electron chi connectivity index (χ0n) is 25.7. The third-order valence-corrected chi connectivity index (χ3v) is 7.73. The van der Waals surface area contributed by atoms with Gasteiger partial charge < -0.3 is 15.8 Å². The number of primary amides is 1. The molecular weight excluding hydrogens is 631 g/mol. The Kier molecular flexibility index (Phi) is 9.26. The number of carbonyl (C=O) groups is 1. The van der Waals surface area contributed by atoms with Crippen molar-refractivity contribution < 1.29 is 40.3 Å². The number of hydrogen-bond acceptors (Lipinski definition) is 4. The van der Waals surface area contributed by atoms with Crippen molar-refractivity contribution in [2.24, 2.45) is 11.7 Å². The Bertz CT molecular complexity index is 1800. The van der Waals surface area contributed by atoms with Gasteiger partial charge in [0.05, 0.1) is 34.8 Å². The van der Waals surface area contributed by atoms with Crippen LogP contribution in [0, 0.1) is 18.7 Å². The molecule has 0 bridgehead atoms. The van der Waals surface area contributed by atoms with E-state index in [1.54, 1.807) is 21.7 Å². The van der Waals surface area contributed by atoms with Crippen LogP contribution in [0.1, 0.15) is 47.4 Å². The lowest BCUT2D eigenvalue weighted by Gasteiger charge is -2.28. The summed E-state index contributed by atoms with van der Waals surface area (Å²) in [6.07, 6.45) is -9.65. The average molecular weight is 664 g/mol. The maximum atomic E-state index is 15.3. The molecule has 0 radical (unpaired) electrons. The molecule has 250 valence electrons. The Morgan fingerprint density at radius 3 is 2.43 bits per heavy atom. The highest BCUT2D eigenvalue weighted by Gasteiger charge is 2.39. The monoisotopic (exact) mass is 663 g/mol. The number of benzene rings is 3. The fourth-order valence-electron chi connectivity index (χ4n) is 5.59. The van der Waals surface area contributed by atoms with Crippen molar-refractivity contribution in [1.82, 2.24) is 14.7 Å². The number of halogens is 7. The largest absolute Gasteiger partial charge is 0.491 e. The highest BCUT2D eigenvalue weighted by molar-refractivity contribution is 5.88. The number of rotatable bonds is 8. The van der Waals surface area contributed by atoms with E-state index in [9.17, 15) is 31.1 Å². The van der Waals surface area contributed by atoms with Crippen LogP contribution >= 0.6 is 0 Å². The fourth-order valence-corrected chi connectivity index (χ4v) is 5.59. The number of alkyl halides is 6. The number of hydrogen-bond donors (Lipinski definition) is 2. The van der Waals surface area contributed by atoms with E-state index in [4.69, 9.17) is 15.6 Å². The number of aromatic nitrogens is 2. The van der Waals surface area contributed by atoms with Gasteiger partial charge in [-0.2, -0.15) is 31.4 Å². The smallest absolute Gasteiger partial charge is 0.416 e. The van der Waals surface area contributed by atoms with E-state index in [0.29, 0.717) is 53.0 Å². The maximum Gasteiger partial charge on any atom is 0.416 e. The van der Waals surface area contributed by atoms with Crippen molar-refractivity contribution in [3.63, 3.8) is 0 Å². The van der Waals surface area contributed by atoms with Crippen molar-refractivity contribution in [1.29, 1.82) is 0 Å². The average Bonchev–Trinajstić information content (AvgIpc) is 3.34. The van der Waals surface area contributed by atoms with Crippen molar-refractivity contribution in [2.45, 2.75) is 52.6 Å². The lowest BCUT2D eigenvalue weighted by Crippen LogP contribution is -2.31. The van der Waals surface area contributed by atoms with Crippen LogP contribution in [0.2, 0.25) is 0 Å². The molecule has 0 atom stereocenters. The second kappa shape index (κ2) is 12.9. The minimum atomic E-state index is -5.01. The summed E-state index contributed by atoms with van der Waals surface area (Å²) in [7, 11) is 0. The number of amides is 2. The van der Waals surface area contributed by atoms with E-state index < -0.39 is 35.3 Å². The van der Waals surface area contributed by atoms with Gasteiger partial charge in [0.2, 0.25) is 0 Å². The number of fused-ring (bicyclic) bond motifs is 1. The van der Waals surface area contributed by atoms with Crippen molar-refractivity contribution in [3.8, 4) is 22.7 Å². The molecule has 0 spiro atoms. The van der Waals surface area contributed by atoms with Crippen LogP contribution in [0.3, 0.4) is 0 Å². The van der Waals surface area contributed by atoms with Gasteiger partial charge >= 0.3 is 18.4 Å². The van der Waals surface area contributed by atoms with Crippen LogP contribution < -0.4 is 15.8 Å². The zero-order chi connectivity index (χ0) is 34.3. The summed E-state index contributed by atoms with van der Waals surface area (Å²) >= 11 is 0. The second-order valence-corrected chi connectivity index (χ2v) is 11.8. The van der Waals surface area contributed by atoms with E-state index in [1.165, 1.54) is 12.1 Å². The minimum Gasteiger partial charge on any atom is -0.491 e. The van der Waals surface area contributed by atoms with Gasteiger partial charge in [0.25, 0.3) is 0 Å². The number of nitrogens with one attached hydrogen (secondary N) is 1. The summed E-state index contributed by atoms with van der Waals surface area (Å²) in [4.78, 5) is 13.1. The second-order valence-electron chi connectivity index (χ2n) is 11.8. The molecule has 1 aromatic heterocycles. The third-order valence-electron chi connectivity index (χ3n) is 7.73. The van der Waals surface area contributed by atoms with Crippen LogP contribution in [0.15, 0.2) is 54.6 Å². The molecule has 14 heteroatoms. The zero-order valence-corrected chi connectivity index (χ0v) is 25.7. The molecule has 1 aliphatic rings. The van der Waals surface area contributed by atoms with Gasteiger partial charge in [-0.25, -0.2) is 13.9 Å². The van der Waals surface area contributed by atoms with Gasteiger partial charge in [-0.3, -0.25) is 4.90 Å². The standard InChI is InChI=1S/C33H32F7N5O2/c1-18(2)17-47-28-6-4-5-19(3)29(28)45-30(20-8-10-27(25(34)13-20)42-31(41)46)23-16-44(12-11-26(23)43-45)15-21-7-9-22(32(35,36)37)14-24(21)33(38,39)40/h4-10,13-14,18H,11-12,15-17H2,1-3H3,(H3,41,42,46). The Labute approximate surface area is 266 Å². The predicted octanol–water partition coefficient (Wildman–Crippen LogP) is 8.11. The molecule has 47 heavy (non-hydrogen) atoms. The third kappa shape index (κ3) is 7.37. The quantitative estimate of drug-likeness (QED) is 0.187. The first-order chi connectivity index (χ1) is 22.0. The fraction of sp³-hybridized carbons (Fsp3) is 0.333. The topological polar surface area (TPSA) is 85.4 Å². The molecule has 0 saturated heterocycles. The van der Waals surface area contributed by atoms with Crippen LogP contribution in [0.25, 0.3) is 16.9 Å². The molecule has 2 amide bonds. The normalized spacial score (nSPS) is 13.9. The molecular formula is C33H32F7N5O2. The van der Waals surface area contributed by atoms with Gasteiger partial charge in [-0.15, -0.1) is 0 Å². The molecule has 0 saturated carbocycles. The predicted molar refractivity (Wildman–Crippen MR) is 161 cm³/mol.